The Morgan fingerprint density at radius 3 is 2.61 bits per heavy atom. The van der Waals surface area contributed by atoms with Gasteiger partial charge in [-0.15, -0.1) is 5.10 Å². The Labute approximate surface area is 262 Å². The number of benzene rings is 2. The van der Waals surface area contributed by atoms with Crippen LogP contribution in [0.5, 0.6) is 0 Å². The van der Waals surface area contributed by atoms with E-state index < -0.39 is 22.2 Å². The number of hydrogen-bond acceptors (Lipinski definition) is 7. The lowest BCUT2D eigenvalue weighted by Gasteiger charge is -2.24. The van der Waals surface area contributed by atoms with E-state index in [1.54, 1.807) is 34.6 Å². The van der Waals surface area contributed by atoms with Gasteiger partial charge < -0.3 is 5.32 Å². The standard InChI is InChI=1S/C32H27N9O4S/c1-19(36-31(42)27-29(38-46(33,44)45)37-40-16-6-15-34-30(27)40)28-24-14-13-21-11-12-22(10-9-20-17-35-39(2)18-20)26(25(21)24)32(43)41(28)23-7-4-3-5-8-23/h3-8,11-12,15-19H,13-14H2,1-2H3,(H,36,42)(H,37,38)(H2,33,44,45)/t19-/m0/s1. The second-order valence-corrected chi connectivity index (χ2v) is 12.3. The largest absolute Gasteiger partial charge is 0.344 e. The Balaban J connectivity index is 1.40. The minimum atomic E-state index is -4.26. The first-order valence-electron chi connectivity index (χ1n) is 14.3. The van der Waals surface area contributed by atoms with Gasteiger partial charge in [0.25, 0.3) is 21.7 Å². The van der Waals surface area contributed by atoms with Crippen molar-refractivity contribution in [1.29, 1.82) is 0 Å². The molecule has 2 aromatic carbocycles. The molecule has 230 valence electrons. The third-order valence-electron chi connectivity index (χ3n) is 7.88. The Hall–Kier alpha value is -5.78. The van der Waals surface area contributed by atoms with Gasteiger partial charge in [0.05, 0.1) is 28.9 Å². The number of rotatable bonds is 6. The molecule has 0 fully saturated rings. The molecule has 46 heavy (non-hydrogen) atoms. The minimum absolute atomic E-state index is 0.110. The van der Waals surface area contributed by atoms with Crippen LogP contribution >= 0.6 is 0 Å². The number of pyridine rings is 1. The molecule has 0 unspecified atom stereocenters. The zero-order valence-corrected chi connectivity index (χ0v) is 25.5. The molecule has 6 aromatic rings. The van der Waals surface area contributed by atoms with E-state index >= 15 is 0 Å². The SMILES string of the molecule is C[C@H](NC(=O)c1c(NS(N)(=O)=O)nn2cccnc12)c1c2c3c(ccc(C#Cc4cnn(C)c4)c3c(=O)n1-c1ccccc1)CC2. The number of carbonyl (C=O) groups excluding carboxylic acids is 1. The molecule has 4 heterocycles. The summed E-state index contributed by atoms with van der Waals surface area (Å²) in [7, 11) is -2.45. The predicted molar refractivity (Wildman–Crippen MR) is 172 cm³/mol. The Bertz CT molecular complexity index is 2430. The zero-order chi connectivity index (χ0) is 32.2. The van der Waals surface area contributed by atoms with Gasteiger partial charge in [0.15, 0.2) is 11.5 Å². The average molecular weight is 634 g/mol. The van der Waals surface area contributed by atoms with Gasteiger partial charge in [-0.2, -0.15) is 13.5 Å². The van der Waals surface area contributed by atoms with Gasteiger partial charge in [-0.1, -0.05) is 36.1 Å². The second-order valence-electron chi connectivity index (χ2n) is 11.0. The van der Waals surface area contributed by atoms with Crippen LogP contribution in [-0.2, 0) is 30.1 Å². The molecule has 13 nitrogen and oxygen atoms in total. The predicted octanol–water partition coefficient (Wildman–Crippen LogP) is 2.37. The molecule has 1 amide bonds. The van der Waals surface area contributed by atoms with Crippen molar-refractivity contribution in [1.82, 2.24) is 34.3 Å². The van der Waals surface area contributed by atoms with E-state index in [1.807, 2.05) is 49.5 Å². The molecule has 1 atom stereocenters. The molecular weight excluding hydrogens is 606 g/mol. The zero-order valence-electron chi connectivity index (χ0n) is 24.7. The average Bonchev–Trinajstić information content (AvgIpc) is 3.74. The van der Waals surface area contributed by atoms with E-state index in [0.29, 0.717) is 35.2 Å². The van der Waals surface area contributed by atoms with Gasteiger partial charge in [-0.3, -0.25) is 23.6 Å². The quantitative estimate of drug-likeness (QED) is 0.236. The van der Waals surface area contributed by atoms with Crippen LogP contribution in [0.3, 0.4) is 0 Å². The second kappa shape index (κ2) is 11.0. The highest BCUT2D eigenvalue weighted by Crippen LogP contribution is 2.36. The summed E-state index contributed by atoms with van der Waals surface area (Å²) in [4.78, 5) is 32.7. The van der Waals surface area contributed by atoms with Crippen molar-refractivity contribution in [3.05, 3.63) is 117 Å². The van der Waals surface area contributed by atoms with Crippen molar-refractivity contribution in [3.8, 4) is 17.5 Å². The van der Waals surface area contributed by atoms with Crippen molar-refractivity contribution in [2.75, 3.05) is 4.72 Å². The molecule has 0 bridgehead atoms. The first-order valence-corrected chi connectivity index (χ1v) is 15.9. The summed E-state index contributed by atoms with van der Waals surface area (Å²) >= 11 is 0. The van der Waals surface area contributed by atoms with Crippen molar-refractivity contribution < 1.29 is 13.2 Å². The smallest absolute Gasteiger partial charge is 0.297 e. The molecule has 1 aliphatic carbocycles. The van der Waals surface area contributed by atoms with Crippen LogP contribution in [0.15, 0.2) is 78.1 Å². The molecule has 7 rings (SSSR count). The summed E-state index contributed by atoms with van der Waals surface area (Å²) in [6.45, 7) is 1.78. The fourth-order valence-corrected chi connectivity index (χ4v) is 6.49. The third kappa shape index (κ3) is 5.07. The Morgan fingerprint density at radius 2 is 1.87 bits per heavy atom. The first kappa shape index (κ1) is 29.0. The number of hydrogen-bond donors (Lipinski definition) is 3. The summed E-state index contributed by atoms with van der Waals surface area (Å²) in [6, 6.07) is 14.0. The van der Waals surface area contributed by atoms with Gasteiger partial charge in [-0.25, -0.2) is 14.6 Å². The summed E-state index contributed by atoms with van der Waals surface area (Å²) in [6.07, 6.45) is 7.83. The highest BCUT2D eigenvalue weighted by molar-refractivity contribution is 7.90. The molecule has 14 heteroatoms. The summed E-state index contributed by atoms with van der Waals surface area (Å²) in [5, 5.41) is 17.9. The molecule has 4 aromatic heterocycles. The molecule has 0 aliphatic heterocycles. The maximum absolute atomic E-state index is 14.6. The Kier molecular flexibility index (Phi) is 6.92. The van der Waals surface area contributed by atoms with Crippen molar-refractivity contribution in [2.45, 2.75) is 25.8 Å². The monoisotopic (exact) mass is 633 g/mol. The van der Waals surface area contributed by atoms with Gasteiger partial charge >= 0.3 is 0 Å². The summed E-state index contributed by atoms with van der Waals surface area (Å²) in [5.41, 5.74) is 4.26. The number of amides is 1. The van der Waals surface area contributed by atoms with Gasteiger partial charge in [0.1, 0.15) is 5.56 Å². The van der Waals surface area contributed by atoms with Crippen LogP contribution in [-0.4, -0.2) is 43.3 Å². The molecule has 0 spiro atoms. The molecular formula is C32H27N9O4S. The molecule has 4 N–H and O–H groups in total. The van der Waals surface area contributed by atoms with E-state index in [2.05, 4.69) is 37.1 Å². The maximum atomic E-state index is 14.6. The van der Waals surface area contributed by atoms with E-state index in [-0.39, 0.29) is 22.6 Å². The van der Waals surface area contributed by atoms with Crippen molar-refractivity contribution >= 4 is 38.4 Å². The molecule has 0 radical (unpaired) electrons. The molecule has 1 aliphatic rings. The van der Waals surface area contributed by atoms with E-state index in [4.69, 9.17) is 5.14 Å². The first-order chi connectivity index (χ1) is 22.1. The third-order valence-corrected chi connectivity index (χ3v) is 8.36. The van der Waals surface area contributed by atoms with Crippen molar-refractivity contribution in [3.63, 3.8) is 0 Å². The highest BCUT2D eigenvalue weighted by atomic mass is 32.2. The lowest BCUT2D eigenvalue weighted by Crippen LogP contribution is -2.34. The summed E-state index contributed by atoms with van der Waals surface area (Å²) < 4.78 is 30.5. The topological polar surface area (TPSA) is 171 Å². The van der Waals surface area contributed by atoms with Crippen LogP contribution in [0, 0.1) is 11.8 Å². The van der Waals surface area contributed by atoms with Gasteiger partial charge in [0, 0.05) is 36.9 Å². The van der Waals surface area contributed by atoms with Crippen LogP contribution in [0.1, 0.15) is 51.3 Å². The minimum Gasteiger partial charge on any atom is -0.344 e. The number of aromatic nitrogens is 6. The van der Waals surface area contributed by atoms with E-state index in [0.717, 1.165) is 22.1 Å². The lowest BCUT2D eigenvalue weighted by molar-refractivity contribution is 0.0941. The lowest BCUT2D eigenvalue weighted by atomic mass is 9.97. The van der Waals surface area contributed by atoms with Gasteiger partial charge in [-0.05, 0) is 60.5 Å². The number of aryl methyl sites for hydroxylation is 3. The number of fused-ring (bicyclic) bond motifs is 1. The van der Waals surface area contributed by atoms with Gasteiger partial charge in [0.2, 0.25) is 0 Å². The number of nitrogens with two attached hydrogens (primary N) is 1. The van der Waals surface area contributed by atoms with Crippen LogP contribution in [0.2, 0.25) is 0 Å². The number of nitrogens with one attached hydrogen (secondary N) is 2. The number of carbonyl (C=O) groups is 1. The molecule has 0 saturated carbocycles. The number of anilines is 1. The van der Waals surface area contributed by atoms with Crippen LogP contribution in [0.25, 0.3) is 22.1 Å². The number of nitrogens with zero attached hydrogens (tertiary/aromatic N) is 6. The molecule has 0 saturated heterocycles. The van der Waals surface area contributed by atoms with E-state index in [1.165, 1.54) is 16.9 Å². The fraction of sp³-hybridized carbons (Fsp3) is 0.156. The highest BCUT2D eigenvalue weighted by Gasteiger charge is 2.30. The number of para-hydroxylation sites is 1. The maximum Gasteiger partial charge on any atom is 0.297 e. The van der Waals surface area contributed by atoms with E-state index in [9.17, 15) is 18.0 Å². The van der Waals surface area contributed by atoms with Crippen LogP contribution in [0.4, 0.5) is 5.82 Å². The van der Waals surface area contributed by atoms with Crippen molar-refractivity contribution in [2.24, 2.45) is 12.2 Å². The summed E-state index contributed by atoms with van der Waals surface area (Å²) in [5.74, 6) is 5.39. The Morgan fingerprint density at radius 1 is 1.07 bits per heavy atom. The normalized spacial score (nSPS) is 13.0. The van der Waals surface area contributed by atoms with Crippen LogP contribution < -0.4 is 20.7 Å². The fourth-order valence-electron chi connectivity index (χ4n) is 6.08.